The third-order valence-corrected chi connectivity index (χ3v) is 4.60. The van der Waals surface area contributed by atoms with Crippen LogP contribution in [-0.4, -0.2) is 36.5 Å². The van der Waals surface area contributed by atoms with Crippen molar-refractivity contribution >= 4 is 5.91 Å². The van der Waals surface area contributed by atoms with Gasteiger partial charge in [0.25, 0.3) is 0 Å². The Balaban J connectivity index is 1.79. The van der Waals surface area contributed by atoms with Crippen molar-refractivity contribution in [2.24, 2.45) is 0 Å². The molecule has 104 valence electrons. The molecular weight excluding hydrogens is 224 g/mol. The summed E-state index contributed by atoms with van der Waals surface area (Å²) in [5, 5.41) is 3.42. The molecule has 18 heavy (non-hydrogen) atoms. The smallest absolute Gasteiger partial charge is 0.224 e. The second kappa shape index (κ2) is 7.13. The van der Waals surface area contributed by atoms with Crippen LogP contribution in [0.5, 0.6) is 0 Å². The molecule has 1 unspecified atom stereocenters. The van der Waals surface area contributed by atoms with Crippen LogP contribution in [0.4, 0.5) is 0 Å². The predicted molar refractivity (Wildman–Crippen MR) is 74.5 cm³/mol. The van der Waals surface area contributed by atoms with Crippen molar-refractivity contribution in [2.45, 2.75) is 76.3 Å². The molecule has 1 heterocycles. The van der Waals surface area contributed by atoms with Crippen LogP contribution in [0.25, 0.3) is 0 Å². The fourth-order valence-corrected chi connectivity index (χ4v) is 3.31. The molecule has 0 bridgehead atoms. The first-order chi connectivity index (χ1) is 8.77. The van der Waals surface area contributed by atoms with Crippen molar-refractivity contribution in [3.8, 4) is 0 Å². The first-order valence-electron chi connectivity index (χ1n) is 7.76. The molecule has 1 aliphatic carbocycles. The molecule has 1 N–H and O–H groups in total. The van der Waals surface area contributed by atoms with Gasteiger partial charge in [0.15, 0.2) is 0 Å². The maximum absolute atomic E-state index is 12.3. The number of nitrogens with zero attached hydrogens (tertiary/aromatic N) is 1. The highest BCUT2D eigenvalue weighted by atomic mass is 16.2. The van der Waals surface area contributed by atoms with Gasteiger partial charge in [-0.1, -0.05) is 32.1 Å². The summed E-state index contributed by atoms with van der Waals surface area (Å²) in [5.74, 6) is 0.347. The van der Waals surface area contributed by atoms with E-state index in [0.29, 0.717) is 24.4 Å². The van der Waals surface area contributed by atoms with Gasteiger partial charge in [0, 0.05) is 25.6 Å². The summed E-state index contributed by atoms with van der Waals surface area (Å²) in [6.45, 7) is 1.09. The minimum Gasteiger partial charge on any atom is -0.343 e. The van der Waals surface area contributed by atoms with E-state index in [2.05, 4.69) is 5.32 Å². The molecule has 0 aromatic heterocycles. The van der Waals surface area contributed by atoms with Gasteiger partial charge in [-0.2, -0.15) is 0 Å². The highest BCUT2D eigenvalue weighted by Gasteiger charge is 2.24. The van der Waals surface area contributed by atoms with Gasteiger partial charge in [0.2, 0.25) is 5.91 Å². The Kier molecular flexibility index (Phi) is 5.48. The zero-order valence-corrected chi connectivity index (χ0v) is 11.8. The largest absolute Gasteiger partial charge is 0.343 e. The average molecular weight is 252 g/mol. The lowest BCUT2D eigenvalue weighted by Gasteiger charge is -2.30. The Morgan fingerprint density at radius 1 is 1.06 bits per heavy atom. The quantitative estimate of drug-likeness (QED) is 0.837. The molecule has 2 rings (SSSR count). The fraction of sp³-hybridized carbons (Fsp3) is 0.933. The highest BCUT2D eigenvalue weighted by Crippen LogP contribution is 2.21. The summed E-state index contributed by atoms with van der Waals surface area (Å²) >= 11 is 0. The Morgan fingerprint density at radius 2 is 1.72 bits per heavy atom. The minimum atomic E-state index is 0.347. The second-order valence-corrected chi connectivity index (χ2v) is 6.00. The lowest BCUT2D eigenvalue weighted by molar-refractivity contribution is -0.132. The molecule has 1 aliphatic heterocycles. The predicted octanol–water partition coefficient (Wildman–Crippen LogP) is 2.70. The number of rotatable bonds is 3. The molecule has 1 saturated carbocycles. The van der Waals surface area contributed by atoms with Gasteiger partial charge in [-0.05, 0) is 32.2 Å². The van der Waals surface area contributed by atoms with Crippen molar-refractivity contribution in [1.82, 2.24) is 10.2 Å². The zero-order valence-electron chi connectivity index (χ0n) is 11.8. The molecular formula is C15H28N2O. The number of nitrogens with one attached hydrogen (secondary N) is 1. The molecule has 1 atom stereocenters. The standard InChI is InChI=1S/C15H28N2O/c1-17(14-9-5-3-2-4-6-10-14)15(18)12-13-8-7-11-16-13/h13-14,16H,2-12H2,1H3. The van der Waals surface area contributed by atoms with Crippen LogP contribution in [0.15, 0.2) is 0 Å². The van der Waals surface area contributed by atoms with Crippen LogP contribution < -0.4 is 5.32 Å². The summed E-state index contributed by atoms with van der Waals surface area (Å²) in [6.07, 6.45) is 12.2. The zero-order chi connectivity index (χ0) is 12.8. The highest BCUT2D eigenvalue weighted by molar-refractivity contribution is 5.76. The van der Waals surface area contributed by atoms with E-state index in [9.17, 15) is 4.79 Å². The van der Waals surface area contributed by atoms with Gasteiger partial charge in [0.1, 0.15) is 0 Å². The molecule has 0 spiro atoms. The third kappa shape index (κ3) is 3.98. The van der Waals surface area contributed by atoms with Crippen LogP contribution in [-0.2, 0) is 4.79 Å². The van der Waals surface area contributed by atoms with Crippen molar-refractivity contribution in [3.63, 3.8) is 0 Å². The van der Waals surface area contributed by atoms with E-state index in [-0.39, 0.29) is 0 Å². The first-order valence-corrected chi connectivity index (χ1v) is 7.76. The fourth-order valence-electron chi connectivity index (χ4n) is 3.31. The number of hydrogen-bond donors (Lipinski definition) is 1. The molecule has 2 aliphatic rings. The molecule has 0 aromatic carbocycles. The van der Waals surface area contributed by atoms with Crippen LogP contribution >= 0.6 is 0 Å². The molecule has 0 aromatic rings. The normalized spacial score (nSPS) is 26.6. The molecule has 1 saturated heterocycles. The van der Waals surface area contributed by atoms with Gasteiger partial charge >= 0.3 is 0 Å². The number of amides is 1. The molecule has 0 radical (unpaired) electrons. The first kappa shape index (κ1) is 13.9. The Morgan fingerprint density at radius 3 is 2.33 bits per heavy atom. The van der Waals surface area contributed by atoms with Gasteiger partial charge in [-0.25, -0.2) is 0 Å². The van der Waals surface area contributed by atoms with Crippen LogP contribution in [0.1, 0.15) is 64.2 Å². The van der Waals surface area contributed by atoms with Gasteiger partial charge in [-0.15, -0.1) is 0 Å². The Bertz CT molecular complexity index is 253. The third-order valence-electron chi connectivity index (χ3n) is 4.60. The summed E-state index contributed by atoms with van der Waals surface area (Å²) in [7, 11) is 2.02. The van der Waals surface area contributed by atoms with Crippen molar-refractivity contribution in [3.05, 3.63) is 0 Å². The SMILES string of the molecule is CN(C(=O)CC1CCCN1)C1CCCCCCC1. The topological polar surface area (TPSA) is 32.3 Å². The van der Waals surface area contributed by atoms with Crippen molar-refractivity contribution in [1.29, 1.82) is 0 Å². The molecule has 3 heteroatoms. The van der Waals surface area contributed by atoms with Gasteiger partial charge < -0.3 is 10.2 Å². The monoisotopic (exact) mass is 252 g/mol. The Hall–Kier alpha value is -0.570. The maximum atomic E-state index is 12.3. The maximum Gasteiger partial charge on any atom is 0.224 e. The van der Waals surface area contributed by atoms with E-state index in [1.807, 2.05) is 11.9 Å². The van der Waals surface area contributed by atoms with E-state index in [0.717, 1.165) is 6.54 Å². The summed E-state index contributed by atoms with van der Waals surface area (Å²) in [5.41, 5.74) is 0. The van der Waals surface area contributed by atoms with Crippen LogP contribution in [0.2, 0.25) is 0 Å². The van der Waals surface area contributed by atoms with Crippen molar-refractivity contribution in [2.75, 3.05) is 13.6 Å². The van der Waals surface area contributed by atoms with E-state index >= 15 is 0 Å². The molecule has 1 amide bonds. The van der Waals surface area contributed by atoms with E-state index in [1.165, 1.54) is 57.8 Å². The molecule has 3 nitrogen and oxygen atoms in total. The summed E-state index contributed by atoms with van der Waals surface area (Å²) in [6, 6.07) is 0.938. The van der Waals surface area contributed by atoms with Gasteiger partial charge in [-0.3, -0.25) is 4.79 Å². The number of hydrogen-bond acceptors (Lipinski definition) is 2. The van der Waals surface area contributed by atoms with Gasteiger partial charge in [0.05, 0.1) is 0 Å². The number of carbonyl (C=O) groups excluding carboxylic acids is 1. The lowest BCUT2D eigenvalue weighted by Crippen LogP contribution is -2.40. The lowest BCUT2D eigenvalue weighted by atomic mass is 9.95. The van der Waals surface area contributed by atoms with E-state index < -0.39 is 0 Å². The summed E-state index contributed by atoms with van der Waals surface area (Å²) in [4.78, 5) is 14.3. The van der Waals surface area contributed by atoms with E-state index in [4.69, 9.17) is 0 Å². The van der Waals surface area contributed by atoms with E-state index in [1.54, 1.807) is 0 Å². The number of carbonyl (C=O) groups is 1. The minimum absolute atomic E-state index is 0.347. The van der Waals surface area contributed by atoms with Crippen LogP contribution in [0.3, 0.4) is 0 Å². The molecule has 2 fully saturated rings. The Labute approximate surface area is 111 Å². The summed E-state index contributed by atoms with van der Waals surface area (Å²) < 4.78 is 0. The second-order valence-electron chi connectivity index (χ2n) is 6.00. The average Bonchev–Trinajstić information content (AvgIpc) is 2.80. The van der Waals surface area contributed by atoms with Crippen molar-refractivity contribution < 1.29 is 4.79 Å². The van der Waals surface area contributed by atoms with Crippen LogP contribution in [0, 0.1) is 0 Å².